The number of sulfonamides is 2. The monoisotopic (exact) mass is 453 g/mol. The molecule has 2 heterocycles. The standard InChI is InChI=1S/C15H19N9O4S2/c1-8(16)6-20-30(27,28)11-4-3-10(9-2-5-12(17)19-7-9)13(14(11)29(18,25)26)15-21-23-24-22-15/h2-5,7-8,20H,6,16H2,1H3,(H2,17,19)(H2,18,25,26)(H,21,22,23,24). The fraction of sp³-hybridized carbons (Fsp3) is 0.200. The number of H-pyrrole nitrogens is 1. The predicted molar refractivity (Wildman–Crippen MR) is 107 cm³/mol. The molecule has 0 saturated carbocycles. The average Bonchev–Trinajstić information content (AvgIpc) is 3.20. The molecule has 0 aliphatic carbocycles. The van der Waals surface area contributed by atoms with Crippen molar-refractivity contribution in [2.24, 2.45) is 10.9 Å². The highest BCUT2D eigenvalue weighted by Crippen LogP contribution is 2.38. The van der Waals surface area contributed by atoms with Crippen LogP contribution in [0.4, 0.5) is 5.82 Å². The van der Waals surface area contributed by atoms with Crippen molar-refractivity contribution in [3.8, 4) is 22.5 Å². The van der Waals surface area contributed by atoms with E-state index in [9.17, 15) is 16.8 Å². The Morgan fingerprint density at radius 3 is 2.43 bits per heavy atom. The molecule has 8 N–H and O–H groups in total. The van der Waals surface area contributed by atoms with Crippen LogP contribution in [-0.4, -0.2) is 55.0 Å². The molecule has 0 radical (unpaired) electrons. The van der Waals surface area contributed by atoms with Gasteiger partial charge in [0.25, 0.3) is 0 Å². The number of nitrogen functional groups attached to an aromatic ring is 1. The lowest BCUT2D eigenvalue weighted by Gasteiger charge is -2.17. The van der Waals surface area contributed by atoms with E-state index in [1.165, 1.54) is 18.3 Å². The zero-order chi connectivity index (χ0) is 22.1. The predicted octanol–water partition coefficient (Wildman–Crippen LogP) is -1.22. The molecule has 0 amide bonds. The molecule has 0 fully saturated rings. The van der Waals surface area contributed by atoms with Crippen LogP contribution in [-0.2, 0) is 20.0 Å². The third-order valence-electron chi connectivity index (χ3n) is 3.96. The van der Waals surface area contributed by atoms with Crippen molar-refractivity contribution in [2.75, 3.05) is 12.3 Å². The molecule has 13 nitrogen and oxygen atoms in total. The van der Waals surface area contributed by atoms with E-state index in [1.54, 1.807) is 13.0 Å². The summed E-state index contributed by atoms with van der Waals surface area (Å²) in [5.74, 6) is 0.0703. The summed E-state index contributed by atoms with van der Waals surface area (Å²) >= 11 is 0. The van der Waals surface area contributed by atoms with Gasteiger partial charge in [0, 0.05) is 24.3 Å². The molecule has 0 spiro atoms. The number of aromatic nitrogens is 5. The molecule has 160 valence electrons. The second kappa shape index (κ2) is 8.04. The number of rotatable bonds is 7. The number of nitrogens with two attached hydrogens (primary N) is 3. The molecule has 1 atom stereocenters. The number of hydrogen-bond acceptors (Lipinski definition) is 10. The third-order valence-corrected chi connectivity index (χ3v) is 6.55. The smallest absolute Gasteiger partial charge is 0.241 e. The van der Waals surface area contributed by atoms with Crippen LogP contribution in [0.5, 0.6) is 0 Å². The van der Waals surface area contributed by atoms with Crippen LogP contribution < -0.4 is 21.3 Å². The summed E-state index contributed by atoms with van der Waals surface area (Å²) in [7, 11) is -8.87. The molecule has 15 heteroatoms. The Morgan fingerprint density at radius 1 is 1.17 bits per heavy atom. The summed E-state index contributed by atoms with van der Waals surface area (Å²) < 4.78 is 53.0. The van der Waals surface area contributed by atoms with Gasteiger partial charge in [0.2, 0.25) is 25.9 Å². The number of nitrogens with zero attached hydrogens (tertiary/aromatic N) is 4. The third kappa shape index (κ3) is 4.44. The zero-order valence-electron chi connectivity index (χ0n) is 15.6. The van der Waals surface area contributed by atoms with Crippen LogP contribution >= 0.6 is 0 Å². The highest BCUT2D eigenvalue weighted by Gasteiger charge is 2.32. The number of aromatic amines is 1. The van der Waals surface area contributed by atoms with E-state index in [2.05, 4.69) is 30.3 Å². The van der Waals surface area contributed by atoms with Crippen molar-refractivity contribution in [1.29, 1.82) is 0 Å². The first-order valence-corrected chi connectivity index (χ1v) is 11.4. The zero-order valence-corrected chi connectivity index (χ0v) is 17.3. The molecule has 2 aromatic heterocycles. The molecule has 3 rings (SSSR count). The number of benzene rings is 1. The van der Waals surface area contributed by atoms with Crippen LogP contribution in [0.15, 0.2) is 40.3 Å². The Balaban J connectivity index is 2.37. The van der Waals surface area contributed by atoms with Crippen molar-refractivity contribution in [3.63, 3.8) is 0 Å². The van der Waals surface area contributed by atoms with Gasteiger partial charge in [-0.05, 0) is 35.9 Å². The van der Waals surface area contributed by atoms with Gasteiger partial charge in [-0.1, -0.05) is 6.07 Å². The van der Waals surface area contributed by atoms with Crippen molar-refractivity contribution < 1.29 is 16.8 Å². The largest absolute Gasteiger partial charge is 0.384 e. The summed E-state index contributed by atoms with van der Waals surface area (Å²) in [5, 5.41) is 18.7. The Kier molecular flexibility index (Phi) is 5.82. The molecule has 3 aromatic rings. The summed E-state index contributed by atoms with van der Waals surface area (Å²) in [6.45, 7) is 1.47. The SMILES string of the molecule is CC(N)CNS(=O)(=O)c1ccc(-c2ccc(N)nc2)c(-c2nn[nH]n2)c1S(N)(=O)=O. The van der Waals surface area contributed by atoms with Crippen LogP contribution in [0.3, 0.4) is 0 Å². The summed E-state index contributed by atoms with van der Waals surface area (Å²) in [6, 6.07) is 5.10. The Labute approximate surface area is 172 Å². The van der Waals surface area contributed by atoms with Gasteiger partial charge in [0.05, 0.1) is 5.56 Å². The molecule has 0 saturated heterocycles. The van der Waals surface area contributed by atoms with Gasteiger partial charge in [0.1, 0.15) is 15.6 Å². The first kappa shape index (κ1) is 21.7. The number of primary sulfonamides is 1. The Bertz CT molecular complexity index is 1260. The summed E-state index contributed by atoms with van der Waals surface area (Å²) in [6.07, 6.45) is 1.39. The molecule has 0 bridgehead atoms. The summed E-state index contributed by atoms with van der Waals surface area (Å²) in [5.41, 5.74) is 11.8. The van der Waals surface area contributed by atoms with E-state index < -0.39 is 35.9 Å². The number of anilines is 1. The highest BCUT2D eigenvalue weighted by molar-refractivity contribution is 7.92. The number of tetrazole rings is 1. The van der Waals surface area contributed by atoms with E-state index >= 15 is 0 Å². The van der Waals surface area contributed by atoms with E-state index in [-0.39, 0.29) is 29.3 Å². The number of hydrogen-bond donors (Lipinski definition) is 5. The highest BCUT2D eigenvalue weighted by atomic mass is 32.2. The molecule has 0 aliphatic heterocycles. The van der Waals surface area contributed by atoms with Gasteiger partial charge in [0.15, 0.2) is 0 Å². The first-order valence-electron chi connectivity index (χ1n) is 8.41. The van der Waals surface area contributed by atoms with Crippen molar-refractivity contribution in [1.82, 2.24) is 30.3 Å². The molecule has 0 aliphatic rings. The quantitative estimate of drug-likeness (QED) is 0.286. The van der Waals surface area contributed by atoms with E-state index in [0.717, 1.165) is 6.07 Å². The van der Waals surface area contributed by atoms with Crippen LogP contribution in [0, 0.1) is 0 Å². The second-order valence-electron chi connectivity index (χ2n) is 6.40. The summed E-state index contributed by atoms with van der Waals surface area (Å²) in [4.78, 5) is 2.72. The average molecular weight is 454 g/mol. The minimum absolute atomic E-state index is 0.117. The second-order valence-corrected chi connectivity index (χ2v) is 9.63. The lowest BCUT2D eigenvalue weighted by molar-refractivity contribution is 0.567. The molecule has 1 unspecified atom stereocenters. The lowest BCUT2D eigenvalue weighted by Crippen LogP contribution is -2.36. The van der Waals surface area contributed by atoms with Crippen molar-refractivity contribution in [2.45, 2.75) is 22.8 Å². The van der Waals surface area contributed by atoms with Gasteiger partial charge in [-0.2, -0.15) is 5.21 Å². The van der Waals surface area contributed by atoms with Crippen molar-refractivity contribution >= 4 is 25.9 Å². The maximum atomic E-state index is 12.8. The van der Waals surface area contributed by atoms with E-state index in [0.29, 0.717) is 5.56 Å². The number of pyridine rings is 1. The van der Waals surface area contributed by atoms with E-state index in [1.807, 2.05) is 0 Å². The fourth-order valence-electron chi connectivity index (χ4n) is 2.67. The topological polar surface area (TPSA) is 226 Å². The molecule has 30 heavy (non-hydrogen) atoms. The maximum absolute atomic E-state index is 12.8. The van der Waals surface area contributed by atoms with E-state index in [4.69, 9.17) is 16.6 Å². The number of nitrogens with one attached hydrogen (secondary N) is 2. The van der Waals surface area contributed by atoms with Gasteiger partial charge in [-0.3, -0.25) is 0 Å². The fourth-order valence-corrected chi connectivity index (χ4v) is 5.41. The molecular weight excluding hydrogens is 434 g/mol. The van der Waals surface area contributed by atoms with Gasteiger partial charge >= 0.3 is 0 Å². The Hall–Kier alpha value is -2.98. The normalized spacial score (nSPS) is 13.3. The lowest BCUT2D eigenvalue weighted by atomic mass is 10.0. The minimum Gasteiger partial charge on any atom is -0.384 e. The Morgan fingerprint density at radius 2 is 1.90 bits per heavy atom. The first-order chi connectivity index (χ1) is 14.0. The van der Waals surface area contributed by atoms with Gasteiger partial charge in [-0.15, -0.1) is 10.2 Å². The minimum atomic E-state index is -4.57. The van der Waals surface area contributed by atoms with Crippen LogP contribution in [0.2, 0.25) is 0 Å². The van der Waals surface area contributed by atoms with Gasteiger partial charge in [-0.25, -0.2) is 31.7 Å². The maximum Gasteiger partial charge on any atom is 0.241 e. The molecule has 1 aromatic carbocycles. The van der Waals surface area contributed by atoms with Crippen molar-refractivity contribution in [3.05, 3.63) is 30.5 Å². The molecular formula is C15H19N9O4S2. The van der Waals surface area contributed by atoms with Gasteiger partial charge < -0.3 is 11.5 Å². The van der Waals surface area contributed by atoms with Crippen LogP contribution in [0.25, 0.3) is 22.5 Å². The van der Waals surface area contributed by atoms with Crippen LogP contribution in [0.1, 0.15) is 6.92 Å².